The summed E-state index contributed by atoms with van der Waals surface area (Å²) in [7, 11) is 0. The lowest BCUT2D eigenvalue weighted by atomic mass is 10.0. The van der Waals surface area contributed by atoms with E-state index in [2.05, 4.69) is 32.8 Å². The topological polar surface area (TPSA) is 81.9 Å². The molecule has 1 aliphatic heterocycles. The van der Waals surface area contributed by atoms with Crippen LogP contribution in [0.2, 0.25) is 0 Å². The van der Waals surface area contributed by atoms with Crippen LogP contribution in [0, 0.1) is 0 Å². The van der Waals surface area contributed by atoms with Gasteiger partial charge in [0.15, 0.2) is 5.96 Å². The molecule has 27 heavy (non-hydrogen) atoms. The van der Waals surface area contributed by atoms with Crippen LogP contribution in [-0.4, -0.2) is 55.5 Å². The summed E-state index contributed by atoms with van der Waals surface area (Å²) in [5, 5.41) is 9.33. The summed E-state index contributed by atoms with van der Waals surface area (Å²) in [5.74, 6) is 1.30. The van der Waals surface area contributed by atoms with Gasteiger partial charge >= 0.3 is 0 Å². The fourth-order valence-electron chi connectivity index (χ4n) is 3.28. The minimum atomic E-state index is -0.124. The van der Waals surface area contributed by atoms with Crippen molar-refractivity contribution in [2.24, 2.45) is 4.99 Å². The van der Waals surface area contributed by atoms with Crippen molar-refractivity contribution in [2.75, 3.05) is 32.7 Å². The predicted octanol–water partition coefficient (Wildman–Crippen LogP) is 2.33. The maximum absolute atomic E-state index is 11.9. The van der Waals surface area contributed by atoms with Gasteiger partial charge in [-0.15, -0.1) is 24.0 Å². The molecule has 0 aliphatic carbocycles. The van der Waals surface area contributed by atoms with Gasteiger partial charge in [0.05, 0.1) is 12.8 Å². The third-order valence-electron chi connectivity index (χ3n) is 4.68. The Labute approximate surface area is 179 Å². The highest BCUT2D eigenvalue weighted by atomic mass is 127. The Morgan fingerprint density at radius 3 is 2.85 bits per heavy atom. The van der Waals surface area contributed by atoms with Crippen LogP contribution in [0.5, 0.6) is 0 Å². The van der Waals surface area contributed by atoms with Gasteiger partial charge in [0.1, 0.15) is 12.3 Å². The smallest absolute Gasteiger partial charge is 0.242 e. The van der Waals surface area contributed by atoms with Crippen LogP contribution in [0.4, 0.5) is 0 Å². The van der Waals surface area contributed by atoms with E-state index in [4.69, 9.17) is 4.42 Å². The lowest BCUT2D eigenvalue weighted by Crippen LogP contribution is -2.46. The number of aliphatic imine (C=N–C) groups is 1. The van der Waals surface area contributed by atoms with E-state index in [1.165, 1.54) is 32.2 Å². The lowest BCUT2D eigenvalue weighted by molar-refractivity contribution is -0.119. The highest BCUT2D eigenvalue weighted by molar-refractivity contribution is 14.0. The number of piperidine rings is 1. The SMILES string of the molecule is CCNC(=NCC(=O)NCc1ccco1)NCCN1CCCCC1CC.I. The third kappa shape index (κ3) is 8.96. The van der Waals surface area contributed by atoms with Crippen LogP contribution in [0.15, 0.2) is 27.8 Å². The van der Waals surface area contributed by atoms with Gasteiger partial charge in [0.2, 0.25) is 5.91 Å². The normalized spacial score (nSPS) is 17.9. The Hall–Kier alpha value is -1.29. The minimum absolute atomic E-state index is 0. The molecular formula is C19H34IN5O2. The van der Waals surface area contributed by atoms with E-state index in [9.17, 15) is 4.79 Å². The zero-order valence-corrected chi connectivity index (χ0v) is 18.8. The molecule has 7 nitrogen and oxygen atoms in total. The number of furan rings is 1. The number of nitrogens with one attached hydrogen (secondary N) is 3. The number of guanidine groups is 1. The second kappa shape index (κ2) is 13.8. The number of hydrogen-bond acceptors (Lipinski definition) is 4. The van der Waals surface area contributed by atoms with Gasteiger partial charge < -0.3 is 20.4 Å². The Balaban J connectivity index is 0.00000364. The zero-order valence-electron chi connectivity index (χ0n) is 16.5. The zero-order chi connectivity index (χ0) is 18.6. The van der Waals surface area contributed by atoms with E-state index in [-0.39, 0.29) is 36.4 Å². The molecule has 2 heterocycles. The lowest BCUT2D eigenvalue weighted by Gasteiger charge is -2.35. The molecule has 0 spiro atoms. The molecule has 8 heteroatoms. The first kappa shape index (κ1) is 23.7. The molecule has 0 radical (unpaired) electrons. The van der Waals surface area contributed by atoms with Crippen molar-refractivity contribution >= 4 is 35.8 Å². The summed E-state index contributed by atoms with van der Waals surface area (Å²) < 4.78 is 5.20. The molecule has 1 fully saturated rings. The predicted molar refractivity (Wildman–Crippen MR) is 119 cm³/mol. The van der Waals surface area contributed by atoms with Crippen LogP contribution < -0.4 is 16.0 Å². The number of halogens is 1. The summed E-state index contributed by atoms with van der Waals surface area (Å²) in [6, 6.07) is 4.34. The molecule has 154 valence electrons. The van der Waals surface area contributed by atoms with Crippen LogP contribution in [-0.2, 0) is 11.3 Å². The van der Waals surface area contributed by atoms with Gasteiger partial charge in [-0.1, -0.05) is 13.3 Å². The van der Waals surface area contributed by atoms with E-state index in [0.717, 1.165) is 25.4 Å². The summed E-state index contributed by atoms with van der Waals surface area (Å²) >= 11 is 0. The van der Waals surface area contributed by atoms with Gasteiger partial charge in [-0.3, -0.25) is 9.69 Å². The summed E-state index contributed by atoms with van der Waals surface area (Å²) in [6.45, 7) is 8.55. The standard InChI is InChI=1S/C19H33N5O2.HI/c1-3-16-8-5-6-11-24(16)12-10-21-19(20-4-2)23-15-18(25)22-14-17-9-7-13-26-17;/h7,9,13,16H,3-6,8,10-12,14-15H2,1-2H3,(H,22,25)(H2,20,21,23);1H. The van der Waals surface area contributed by atoms with Gasteiger partial charge in [0.25, 0.3) is 0 Å². The molecule has 1 unspecified atom stereocenters. The van der Waals surface area contributed by atoms with Gasteiger partial charge in [-0.25, -0.2) is 4.99 Å². The second-order valence-electron chi connectivity index (χ2n) is 6.57. The maximum atomic E-state index is 11.9. The molecule has 1 saturated heterocycles. The van der Waals surface area contributed by atoms with E-state index in [1.54, 1.807) is 12.3 Å². The fourth-order valence-corrected chi connectivity index (χ4v) is 3.28. The van der Waals surface area contributed by atoms with Gasteiger partial charge in [-0.05, 0) is 44.9 Å². The summed E-state index contributed by atoms with van der Waals surface area (Å²) in [4.78, 5) is 18.9. The number of nitrogens with zero attached hydrogens (tertiary/aromatic N) is 2. The van der Waals surface area contributed by atoms with Crippen molar-refractivity contribution in [1.82, 2.24) is 20.9 Å². The summed E-state index contributed by atoms with van der Waals surface area (Å²) in [6.07, 6.45) is 6.75. The maximum Gasteiger partial charge on any atom is 0.242 e. The number of carbonyl (C=O) groups excluding carboxylic acids is 1. The Kier molecular flexibility index (Phi) is 12.2. The van der Waals surface area contributed by atoms with E-state index in [1.807, 2.05) is 13.0 Å². The van der Waals surface area contributed by atoms with Gasteiger partial charge in [0, 0.05) is 25.7 Å². The van der Waals surface area contributed by atoms with Crippen LogP contribution in [0.3, 0.4) is 0 Å². The monoisotopic (exact) mass is 491 g/mol. The van der Waals surface area contributed by atoms with E-state index >= 15 is 0 Å². The van der Waals surface area contributed by atoms with E-state index < -0.39 is 0 Å². The first-order valence-electron chi connectivity index (χ1n) is 9.78. The van der Waals surface area contributed by atoms with Crippen LogP contribution in [0.25, 0.3) is 0 Å². The third-order valence-corrected chi connectivity index (χ3v) is 4.68. The van der Waals surface area contributed by atoms with Crippen molar-refractivity contribution in [3.63, 3.8) is 0 Å². The molecule has 0 saturated carbocycles. The molecule has 1 atom stereocenters. The van der Waals surface area contributed by atoms with Crippen molar-refractivity contribution in [1.29, 1.82) is 0 Å². The van der Waals surface area contributed by atoms with E-state index in [0.29, 0.717) is 18.5 Å². The Morgan fingerprint density at radius 1 is 1.30 bits per heavy atom. The number of hydrogen-bond donors (Lipinski definition) is 3. The van der Waals surface area contributed by atoms with Crippen molar-refractivity contribution in [3.8, 4) is 0 Å². The van der Waals surface area contributed by atoms with Crippen LogP contribution >= 0.6 is 24.0 Å². The number of carbonyl (C=O) groups is 1. The number of likely N-dealkylation sites (tertiary alicyclic amines) is 1. The Bertz CT molecular complexity index is 550. The molecule has 1 aliphatic rings. The first-order chi connectivity index (χ1) is 12.7. The molecule has 0 bridgehead atoms. The average molecular weight is 491 g/mol. The second-order valence-corrected chi connectivity index (χ2v) is 6.57. The minimum Gasteiger partial charge on any atom is -0.467 e. The molecular weight excluding hydrogens is 457 g/mol. The molecule has 2 rings (SSSR count). The van der Waals surface area contributed by atoms with Crippen LogP contribution in [0.1, 0.15) is 45.3 Å². The van der Waals surface area contributed by atoms with Crippen molar-refractivity contribution < 1.29 is 9.21 Å². The molecule has 0 aromatic carbocycles. The molecule has 1 amide bonds. The fraction of sp³-hybridized carbons (Fsp3) is 0.684. The number of rotatable bonds is 9. The van der Waals surface area contributed by atoms with Gasteiger partial charge in [-0.2, -0.15) is 0 Å². The number of amides is 1. The first-order valence-corrected chi connectivity index (χ1v) is 9.78. The largest absolute Gasteiger partial charge is 0.467 e. The van der Waals surface area contributed by atoms with Crippen molar-refractivity contribution in [3.05, 3.63) is 24.2 Å². The van der Waals surface area contributed by atoms with Crippen molar-refractivity contribution in [2.45, 2.75) is 52.1 Å². The Morgan fingerprint density at radius 2 is 2.15 bits per heavy atom. The average Bonchev–Trinajstić information content (AvgIpc) is 3.18. The molecule has 1 aromatic rings. The summed E-state index contributed by atoms with van der Waals surface area (Å²) in [5.41, 5.74) is 0. The highest BCUT2D eigenvalue weighted by Gasteiger charge is 2.19. The highest BCUT2D eigenvalue weighted by Crippen LogP contribution is 2.18. The molecule has 1 aromatic heterocycles. The molecule has 3 N–H and O–H groups in total. The quantitative estimate of drug-likeness (QED) is 0.281.